The number of para-hydroxylation sites is 1. The number of hydrogen-bond acceptors (Lipinski definition) is 3. The second-order valence-electron chi connectivity index (χ2n) is 7.24. The average Bonchev–Trinajstić information content (AvgIpc) is 2.76. The highest BCUT2D eigenvalue weighted by Gasteiger charge is 2.34. The smallest absolute Gasteiger partial charge is 0.193 e. The van der Waals surface area contributed by atoms with E-state index in [2.05, 4.69) is 45.5 Å². The van der Waals surface area contributed by atoms with Gasteiger partial charge in [-0.05, 0) is 30.5 Å². The maximum absolute atomic E-state index is 5.81. The van der Waals surface area contributed by atoms with Crippen molar-refractivity contribution in [3.63, 3.8) is 0 Å². The Labute approximate surface area is 168 Å². The van der Waals surface area contributed by atoms with Gasteiger partial charge in [0.15, 0.2) is 5.96 Å². The van der Waals surface area contributed by atoms with Crippen LogP contribution in [-0.4, -0.2) is 57.9 Å². The van der Waals surface area contributed by atoms with Gasteiger partial charge in [0, 0.05) is 39.3 Å². The number of likely N-dealkylation sites (N-methyl/N-ethyl adjacent to an activating group) is 1. The van der Waals surface area contributed by atoms with E-state index >= 15 is 0 Å². The lowest BCUT2D eigenvalue weighted by Crippen LogP contribution is -2.49. The monoisotopic (exact) mass is 381 g/mol. The number of guanidine groups is 1. The summed E-state index contributed by atoms with van der Waals surface area (Å²) in [4.78, 5) is 6.58. The predicted octanol–water partition coefficient (Wildman–Crippen LogP) is 3.32. The van der Waals surface area contributed by atoms with Crippen LogP contribution in [0.1, 0.15) is 18.4 Å². The van der Waals surface area contributed by atoms with Crippen LogP contribution in [-0.2, 0) is 10.2 Å². The van der Waals surface area contributed by atoms with E-state index in [-0.39, 0.29) is 5.41 Å². The molecule has 150 valence electrons. The molecular weight excluding hydrogens is 350 g/mol. The Morgan fingerprint density at radius 3 is 2.36 bits per heavy atom. The Morgan fingerprint density at radius 2 is 1.71 bits per heavy atom. The third kappa shape index (κ3) is 5.26. The number of hydrogen-bond donors (Lipinski definition) is 1. The lowest BCUT2D eigenvalue weighted by molar-refractivity contribution is 0.0512. The van der Waals surface area contributed by atoms with Gasteiger partial charge in [-0.3, -0.25) is 4.99 Å². The molecule has 0 spiro atoms. The van der Waals surface area contributed by atoms with Gasteiger partial charge in [0.05, 0.1) is 6.54 Å². The Bertz CT molecular complexity index is 728. The minimum Gasteiger partial charge on any atom is -0.492 e. The molecule has 28 heavy (non-hydrogen) atoms. The Morgan fingerprint density at radius 1 is 1.07 bits per heavy atom. The zero-order valence-corrected chi connectivity index (χ0v) is 16.9. The van der Waals surface area contributed by atoms with Crippen LogP contribution in [0.25, 0.3) is 0 Å². The molecule has 1 aliphatic rings. The van der Waals surface area contributed by atoms with E-state index in [0.717, 1.165) is 50.9 Å². The molecule has 1 heterocycles. The molecular formula is C23H31N3O2. The SMILES string of the molecule is CN=C(NCC1(c2ccccc2)CCOCC1)N(C)CCOc1ccccc1. The number of rotatable bonds is 7. The van der Waals surface area contributed by atoms with Gasteiger partial charge in [-0.2, -0.15) is 0 Å². The van der Waals surface area contributed by atoms with E-state index in [1.54, 1.807) is 0 Å². The van der Waals surface area contributed by atoms with Crippen LogP contribution in [0.15, 0.2) is 65.7 Å². The van der Waals surface area contributed by atoms with Gasteiger partial charge in [-0.15, -0.1) is 0 Å². The highest BCUT2D eigenvalue weighted by Crippen LogP contribution is 2.34. The number of aliphatic imine (C=N–C) groups is 1. The molecule has 1 N–H and O–H groups in total. The minimum atomic E-state index is 0.0802. The normalized spacial score (nSPS) is 16.4. The molecule has 5 heteroatoms. The summed E-state index contributed by atoms with van der Waals surface area (Å²) in [6, 6.07) is 20.7. The Hall–Kier alpha value is -2.53. The Kier molecular flexibility index (Phi) is 7.31. The number of nitrogens with one attached hydrogen (secondary N) is 1. The quantitative estimate of drug-likeness (QED) is 0.590. The minimum absolute atomic E-state index is 0.0802. The van der Waals surface area contributed by atoms with E-state index in [9.17, 15) is 0 Å². The van der Waals surface area contributed by atoms with Crippen LogP contribution in [0.5, 0.6) is 5.75 Å². The summed E-state index contributed by atoms with van der Waals surface area (Å²) in [5, 5.41) is 3.59. The molecule has 0 aromatic heterocycles. The zero-order chi connectivity index (χ0) is 19.7. The maximum atomic E-state index is 5.81. The molecule has 2 aromatic rings. The first-order chi connectivity index (χ1) is 13.7. The van der Waals surface area contributed by atoms with Crippen LogP contribution in [0.4, 0.5) is 0 Å². The standard InChI is InChI=1S/C23H31N3O2/c1-24-22(26(2)15-18-28-21-11-7-4-8-12-21)25-19-23(13-16-27-17-14-23)20-9-5-3-6-10-20/h3-12H,13-19H2,1-2H3,(H,24,25). The van der Waals surface area contributed by atoms with Gasteiger partial charge in [0.25, 0.3) is 0 Å². The highest BCUT2D eigenvalue weighted by atomic mass is 16.5. The van der Waals surface area contributed by atoms with E-state index < -0.39 is 0 Å². The topological polar surface area (TPSA) is 46.1 Å². The molecule has 0 bridgehead atoms. The summed E-state index contributed by atoms with van der Waals surface area (Å²) in [5.74, 6) is 1.78. The van der Waals surface area contributed by atoms with Gasteiger partial charge in [-0.1, -0.05) is 48.5 Å². The van der Waals surface area contributed by atoms with Crippen LogP contribution in [0.2, 0.25) is 0 Å². The van der Waals surface area contributed by atoms with Crippen LogP contribution >= 0.6 is 0 Å². The van der Waals surface area contributed by atoms with Crippen molar-refractivity contribution in [3.05, 3.63) is 66.2 Å². The van der Waals surface area contributed by atoms with Crippen molar-refractivity contribution >= 4 is 5.96 Å². The first kappa shape index (κ1) is 20.2. The molecule has 0 radical (unpaired) electrons. The van der Waals surface area contributed by atoms with E-state index in [0.29, 0.717) is 6.61 Å². The van der Waals surface area contributed by atoms with Gasteiger partial charge >= 0.3 is 0 Å². The van der Waals surface area contributed by atoms with Crippen molar-refractivity contribution in [1.82, 2.24) is 10.2 Å². The largest absolute Gasteiger partial charge is 0.492 e. The highest BCUT2D eigenvalue weighted by molar-refractivity contribution is 5.79. The van der Waals surface area contributed by atoms with Crippen LogP contribution in [0, 0.1) is 0 Å². The molecule has 0 atom stereocenters. The maximum Gasteiger partial charge on any atom is 0.193 e. The van der Waals surface area contributed by atoms with Gasteiger partial charge in [-0.25, -0.2) is 0 Å². The van der Waals surface area contributed by atoms with E-state index in [1.807, 2.05) is 44.4 Å². The summed E-state index contributed by atoms with van der Waals surface area (Å²) in [6.07, 6.45) is 2.03. The van der Waals surface area contributed by atoms with Gasteiger partial charge < -0.3 is 19.7 Å². The molecule has 0 aliphatic carbocycles. The summed E-state index contributed by atoms with van der Waals surface area (Å²) >= 11 is 0. The van der Waals surface area contributed by atoms with Crippen molar-refractivity contribution in [3.8, 4) is 5.75 Å². The average molecular weight is 382 g/mol. The molecule has 0 unspecified atom stereocenters. The molecule has 1 saturated heterocycles. The lowest BCUT2D eigenvalue weighted by Gasteiger charge is -2.39. The van der Waals surface area contributed by atoms with E-state index in [4.69, 9.17) is 9.47 Å². The molecule has 2 aromatic carbocycles. The Balaban J connectivity index is 1.56. The van der Waals surface area contributed by atoms with Crippen LogP contribution in [0.3, 0.4) is 0 Å². The van der Waals surface area contributed by atoms with E-state index in [1.165, 1.54) is 5.56 Å². The van der Waals surface area contributed by atoms with Crippen molar-refractivity contribution in [2.75, 3.05) is 47.0 Å². The van der Waals surface area contributed by atoms with Crippen LogP contribution < -0.4 is 10.1 Å². The molecule has 1 aliphatic heterocycles. The molecule has 0 saturated carbocycles. The molecule has 3 rings (SSSR count). The fourth-order valence-electron chi connectivity index (χ4n) is 3.68. The second kappa shape index (κ2) is 10.1. The number of ether oxygens (including phenoxy) is 2. The first-order valence-electron chi connectivity index (χ1n) is 9.96. The summed E-state index contributed by atoms with van der Waals surface area (Å²) in [5.41, 5.74) is 1.45. The van der Waals surface area contributed by atoms with Gasteiger partial charge in [0.1, 0.15) is 12.4 Å². The first-order valence-corrected chi connectivity index (χ1v) is 9.96. The summed E-state index contributed by atoms with van der Waals surface area (Å²) in [6.45, 7) is 3.82. The third-order valence-corrected chi connectivity index (χ3v) is 5.43. The third-order valence-electron chi connectivity index (χ3n) is 5.43. The summed E-state index contributed by atoms with van der Waals surface area (Å²) < 4.78 is 11.5. The van der Waals surface area contributed by atoms with Gasteiger partial charge in [0.2, 0.25) is 0 Å². The van der Waals surface area contributed by atoms with Crippen molar-refractivity contribution < 1.29 is 9.47 Å². The zero-order valence-electron chi connectivity index (χ0n) is 16.9. The lowest BCUT2D eigenvalue weighted by atomic mass is 9.74. The fraction of sp³-hybridized carbons (Fsp3) is 0.435. The second-order valence-corrected chi connectivity index (χ2v) is 7.24. The predicted molar refractivity (Wildman–Crippen MR) is 114 cm³/mol. The number of benzene rings is 2. The van der Waals surface area contributed by atoms with Crippen molar-refractivity contribution in [1.29, 1.82) is 0 Å². The molecule has 1 fully saturated rings. The fourth-order valence-corrected chi connectivity index (χ4v) is 3.68. The molecule has 5 nitrogen and oxygen atoms in total. The summed E-state index contributed by atoms with van der Waals surface area (Å²) in [7, 11) is 3.87. The van der Waals surface area contributed by atoms with Crippen molar-refractivity contribution in [2.24, 2.45) is 4.99 Å². The molecule has 0 amide bonds. The van der Waals surface area contributed by atoms with Crippen molar-refractivity contribution in [2.45, 2.75) is 18.3 Å². The number of nitrogens with zero attached hydrogens (tertiary/aromatic N) is 2.